The van der Waals surface area contributed by atoms with E-state index in [4.69, 9.17) is 10.2 Å². The van der Waals surface area contributed by atoms with Gasteiger partial charge in [0.15, 0.2) is 0 Å². The van der Waals surface area contributed by atoms with Crippen LogP contribution in [0, 0.1) is 0 Å². The van der Waals surface area contributed by atoms with E-state index in [2.05, 4.69) is 0 Å². The third-order valence-electron chi connectivity index (χ3n) is 2.44. The van der Waals surface area contributed by atoms with Crippen LogP contribution < -0.4 is 0 Å². The molecule has 0 aliphatic heterocycles. The van der Waals surface area contributed by atoms with Crippen molar-refractivity contribution in [3.05, 3.63) is 83.9 Å². The molecule has 2 N–H and O–H groups in total. The minimum absolute atomic E-state index is 0. The van der Waals surface area contributed by atoms with E-state index in [9.17, 15) is 9.59 Å². The average molecular weight is 351 g/mol. The average Bonchev–Trinajstić information content (AvgIpc) is 2.53. The summed E-state index contributed by atoms with van der Waals surface area (Å²) in [6, 6.07) is 18.6. The van der Waals surface area contributed by atoms with E-state index in [0.29, 0.717) is 0 Å². The van der Waals surface area contributed by atoms with Crippen molar-refractivity contribution in [3.63, 3.8) is 0 Å². The fraction of sp³-hybridized carbons (Fsp3) is 0. The van der Waals surface area contributed by atoms with E-state index < -0.39 is 11.9 Å². The van der Waals surface area contributed by atoms with E-state index in [0.717, 1.165) is 23.3 Å². The summed E-state index contributed by atoms with van der Waals surface area (Å²) < 4.78 is 0. The molecule has 23 heavy (non-hydrogen) atoms. The van der Waals surface area contributed by atoms with E-state index in [1.54, 1.807) is 12.2 Å². The van der Waals surface area contributed by atoms with Gasteiger partial charge in [-0.15, -0.1) is 0 Å². The molecule has 2 aromatic carbocycles. The Morgan fingerprint density at radius 3 is 1.22 bits per heavy atom. The zero-order valence-corrected chi connectivity index (χ0v) is 13.4. The van der Waals surface area contributed by atoms with Gasteiger partial charge in [0.2, 0.25) is 0 Å². The van der Waals surface area contributed by atoms with Crippen molar-refractivity contribution in [1.29, 1.82) is 0 Å². The summed E-state index contributed by atoms with van der Waals surface area (Å²) in [7, 11) is 0. The zero-order valence-electron chi connectivity index (χ0n) is 12.2. The molecule has 0 fully saturated rings. The van der Waals surface area contributed by atoms with Gasteiger partial charge in [-0.25, -0.2) is 9.59 Å². The first-order chi connectivity index (χ1) is 10.6. The number of hydrogen-bond acceptors (Lipinski definition) is 2. The van der Waals surface area contributed by atoms with Crippen LogP contribution in [0.5, 0.6) is 0 Å². The van der Waals surface area contributed by atoms with Gasteiger partial charge in [-0.2, -0.15) is 0 Å². The van der Waals surface area contributed by atoms with Gasteiger partial charge in [0.1, 0.15) is 0 Å². The zero-order chi connectivity index (χ0) is 16.2. The van der Waals surface area contributed by atoms with Gasteiger partial charge in [-0.05, 0) is 23.3 Å². The fourth-order valence-corrected chi connectivity index (χ4v) is 1.46. The Morgan fingerprint density at radius 1 is 0.652 bits per heavy atom. The predicted octanol–water partition coefficient (Wildman–Crippen LogP) is 3.57. The smallest absolute Gasteiger partial charge is 0.328 e. The van der Waals surface area contributed by atoms with Crippen molar-refractivity contribution in [3.8, 4) is 0 Å². The summed E-state index contributed by atoms with van der Waals surface area (Å²) in [4.78, 5) is 20.2. The molecule has 0 bridgehead atoms. The quantitative estimate of drug-likeness (QED) is 0.652. The minimum Gasteiger partial charge on any atom is -0.478 e. The van der Waals surface area contributed by atoms with E-state index >= 15 is 0 Å². The molecular formula is C18H16MnO4. The van der Waals surface area contributed by atoms with Gasteiger partial charge in [-0.1, -0.05) is 60.7 Å². The maximum Gasteiger partial charge on any atom is 0.328 e. The molecule has 1 radical (unpaired) electrons. The largest absolute Gasteiger partial charge is 0.478 e. The first kappa shape index (κ1) is 20.4. The van der Waals surface area contributed by atoms with Crippen LogP contribution in [-0.2, 0) is 26.7 Å². The van der Waals surface area contributed by atoms with Crippen LogP contribution in [-0.4, -0.2) is 22.2 Å². The number of benzene rings is 2. The molecule has 0 aliphatic carbocycles. The number of aliphatic carboxylic acids is 2. The number of carboxylic acids is 2. The van der Waals surface area contributed by atoms with Gasteiger partial charge in [-0.3, -0.25) is 0 Å². The van der Waals surface area contributed by atoms with Crippen molar-refractivity contribution in [2.45, 2.75) is 0 Å². The normalized spacial score (nSPS) is 9.74. The molecule has 119 valence electrons. The first-order valence-corrected chi connectivity index (χ1v) is 6.50. The Balaban J connectivity index is 0.000000403. The molecule has 2 aromatic rings. The van der Waals surface area contributed by atoms with Crippen LogP contribution in [0.15, 0.2) is 72.8 Å². The SMILES string of the molecule is O=C(O)C=Cc1ccccc1.O=C(O)C=Cc1ccccc1.[Mn]. The molecular weight excluding hydrogens is 335 g/mol. The molecule has 0 atom stereocenters. The summed E-state index contributed by atoms with van der Waals surface area (Å²) >= 11 is 0. The van der Waals surface area contributed by atoms with Crippen LogP contribution in [0.2, 0.25) is 0 Å². The first-order valence-electron chi connectivity index (χ1n) is 6.50. The third-order valence-corrected chi connectivity index (χ3v) is 2.44. The number of rotatable bonds is 4. The summed E-state index contributed by atoms with van der Waals surface area (Å²) in [5, 5.41) is 16.6. The molecule has 0 spiro atoms. The molecule has 0 amide bonds. The Kier molecular flexibility index (Phi) is 10.6. The second kappa shape index (κ2) is 12.0. The molecule has 4 nitrogen and oxygen atoms in total. The third kappa shape index (κ3) is 10.7. The van der Waals surface area contributed by atoms with E-state index in [1.165, 1.54) is 0 Å². The van der Waals surface area contributed by atoms with Crippen molar-refractivity contribution in [2.24, 2.45) is 0 Å². The Bertz CT molecular complexity index is 590. The maximum absolute atomic E-state index is 10.1. The van der Waals surface area contributed by atoms with Crippen LogP contribution >= 0.6 is 0 Å². The van der Waals surface area contributed by atoms with Crippen LogP contribution in [0.25, 0.3) is 12.2 Å². The molecule has 0 aromatic heterocycles. The Hall–Kier alpha value is -2.62. The summed E-state index contributed by atoms with van der Waals surface area (Å²) in [5.41, 5.74) is 1.80. The molecule has 0 aliphatic rings. The van der Waals surface area contributed by atoms with Crippen LogP contribution in [0.4, 0.5) is 0 Å². The summed E-state index contributed by atoms with van der Waals surface area (Å²) in [6.45, 7) is 0. The number of carbonyl (C=O) groups is 2. The summed E-state index contributed by atoms with van der Waals surface area (Å²) in [5.74, 6) is -1.84. The Morgan fingerprint density at radius 2 is 0.957 bits per heavy atom. The van der Waals surface area contributed by atoms with Gasteiger partial charge < -0.3 is 10.2 Å². The molecule has 0 heterocycles. The van der Waals surface area contributed by atoms with E-state index in [1.807, 2.05) is 60.7 Å². The van der Waals surface area contributed by atoms with E-state index in [-0.39, 0.29) is 17.1 Å². The van der Waals surface area contributed by atoms with Crippen LogP contribution in [0.1, 0.15) is 11.1 Å². The second-order valence-corrected chi connectivity index (χ2v) is 4.16. The van der Waals surface area contributed by atoms with Crippen molar-refractivity contribution in [1.82, 2.24) is 0 Å². The van der Waals surface area contributed by atoms with Crippen molar-refractivity contribution < 1.29 is 36.9 Å². The number of hydrogen-bond donors (Lipinski definition) is 2. The van der Waals surface area contributed by atoms with Gasteiger partial charge in [0.25, 0.3) is 0 Å². The standard InChI is InChI=1S/2C9H8O2.Mn/c2*10-9(11)7-6-8-4-2-1-3-5-8;/h2*1-7H,(H,10,11);. The van der Waals surface area contributed by atoms with Gasteiger partial charge in [0, 0.05) is 29.2 Å². The maximum atomic E-state index is 10.1. The number of carboxylic acid groups (broad SMARTS) is 2. The predicted molar refractivity (Wildman–Crippen MR) is 86.2 cm³/mol. The van der Waals surface area contributed by atoms with Gasteiger partial charge in [0.05, 0.1) is 0 Å². The minimum atomic E-state index is -0.922. The Labute approximate surface area is 145 Å². The fourth-order valence-electron chi connectivity index (χ4n) is 1.46. The molecule has 0 saturated carbocycles. The van der Waals surface area contributed by atoms with Crippen molar-refractivity contribution in [2.75, 3.05) is 0 Å². The monoisotopic (exact) mass is 351 g/mol. The van der Waals surface area contributed by atoms with Crippen molar-refractivity contribution >= 4 is 24.1 Å². The molecule has 0 unspecified atom stereocenters. The van der Waals surface area contributed by atoms with Crippen LogP contribution in [0.3, 0.4) is 0 Å². The molecule has 2 rings (SSSR count). The topological polar surface area (TPSA) is 74.6 Å². The second-order valence-electron chi connectivity index (χ2n) is 4.16. The molecule has 0 saturated heterocycles. The van der Waals surface area contributed by atoms with Gasteiger partial charge >= 0.3 is 11.9 Å². The summed E-state index contributed by atoms with van der Waals surface area (Å²) in [6.07, 6.45) is 5.36. The molecule has 5 heteroatoms.